The first-order valence-corrected chi connectivity index (χ1v) is 7.79. The van der Waals surface area contributed by atoms with Crippen molar-refractivity contribution >= 4 is 17.0 Å². The van der Waals surface area contributed by atoms with Crippen LogP contribution in [0.25, 0.3) is 11.2 Å². The van der Waals surface area contributed by atoms with Crippen molar-refractivity contribution in [2.75, 3.05) is 12.3 Å². The van der Waals surface area contributed by atoms with E-state index in [4.69, 9.17) is 15.7 Å². The monoisotopic (exact) mass is 322 g/mol. The van der Waals surface area contributed by atoms with Crippen molar-refractivity contribution in [1.82, 2.24) is 19.5 Å². The first-order chi connectivity index (χ1) is 11.7. The summed E-state index contributed by atoms with van der Waals surface area (Å²) in [6.45, 7) is 4.96. The highest BCUT2D eigenvalue weighted by atomic mass is 16.5. The minimum Gasteiger partial charge on any atom is -0.464 e. The lowest BCUT2D eigenvalue weighted by molar-refractivity contribution is 0.314. The smallest absolute Gasteiger partial charge is 0.320 e. The molecular weight excluding hydrogens is 304 g/mol. The van der Waals surface area contributed by atoms with Gasteiger partial charge in [0.15, 0.2) is 17.0 Å². The molecule has 7 nitrogen and oxygen atoms in total. The predicted octanol–water partition coefficient (Wildman–Crippen LogP) is 2.29. The molecule has 7 heteroatoms. The van der Waals surface area contributed by atoms with E-state index in [2.05, 4.69) is 27.9 Å². The highest BCUT2D eigenvalue weighted by Crippen LogP contribution is 2.21. The van der Waals surface area contributed by atoms with Crippen LogP contribution in [0.5, 0.6) is 6.01 Å². The zero-order chi connectivity index (χ0) is 17.1. The van der Waals surface area contributed by atoms with Gasteiger partial charge < -0.3 is 15.0 Å². The second-order valence-electron chi connectivity index (χ2n) is 5.32. The number of nitrogens with zero attached hydrogens (tertiary/aromatic N) is 5. The summed E-state index contributed by atoms with van der Waals surface area (Å²) >= 11 is 0. The fourth-order valence-electron chi connectivity index (χ4n) is 2.63. The molecule has 0 unspecified atom stereocenters. The van der Waals surface area contributed by atoms with Gasteiger partial charge in [-0.2, -0.15) is 15.2 Å². The molecule has 0 atom stereocenters. The zero-order valence-electron chi connectivity index (χ0n) is 13.7. The fraction of sp³-hybridized carbons (Fsp3) is 0.294. The molecule has 0 saturated carbocycles. The summed E-state index contributed by atoms with van der Waals surface area (Å²) in [5, 5.41) is 9.13. The van der Waals surface area contributed by atoms with E-state index in [1.54, 1.807) is 6.33 Å². The van der Waals surface area contributed by atoms with Crippen molar-refractivity contribution in [2.24, 2.45) is 0 Å². The van der Waals surface area contributed by atoms with Crippen molar-refractivity contribution in [3.05, 3.63) is 41.2 Å². The lowest BCUT2D eigenvalue weighted by Crippen LogP contribution is -2.06. The van der Waals surface area contributed by atoms with E-state index >= 15 is 0 Å². The minimum absolute atomic E-state index is 0.241. The zero-order valence-corrected chi connectivity index (χ0v) is 13.7. The maximum Gasteiger partial charge on any atom is 0.320 e. The third kappa shape index (κ3) is 2.86. The summed E-state index contributed by atoms with van der Waals surface area (Å²) in [5.41, 5.74) is 9.99. The first-order valence-electron chi connectivity index (χ1n) is 7.79. The van der Waals surface area contributed by atoms with E-state index in [1.165, 1.54) is 5.56 Å². The molecule has 0 spiro atoms. The van der Waals surface area contributed by atoms with Gasteiger partial charge in [-0.1, -0.05) is 13.0 Å². The second kappa shape index (κ2) is 6.54. The molecule has 2 N–H and O–H groups in total. The number of nitriles is 1. The van der Waals surface area contributed by atoms with Crippen molar-refractivity contribution in [2.45, 2.75) is 26.8 Å². The number of rotatable bonds is 5. The molecule has 3 rings (SSSR count). The molecule has 0 bridgehead atoms. The Kier molecular flexibility index (Phi) is 4.29. The van der Waals surface area contributed by atoms with E-state index in [0.717, 1.165) is 12.0 Å². The Hall–Kier alpha value is -3.14. The summed E-state index contributed by atoms with van der Waals surface area (Å²) < 4.78 is 7.26. The number of hydrogen-bond donors (Lipinski definition) is 1. The Morgan fingerprint density at radius 1 is 1.25 bits per heavy atom. The quantitative estimate of drug-likeness (QED) is 0.773. The van der Waals surface area contributed by atoms with E-state index in [-0.39, 0.29) is 6.01 Å². The molecule has 2 heterocycles. The van der Waals surface area contributed by atoms with Gasteiger partial charge in [0.05, 0.1) is 31.1 Å². The Balaban J connectivity index is 2.06. The number of imidazole rings is 1. The fourth-order valence-corrected chi connectivity index (χ4v) is 2.63. The molecule has 0 aliphatic carbocycles. The van der Waals surface area contributed by atoms with Crippen LogP contribution in [0.4, 0.5) is 5.82 Å². The normalized spacial score (nSPS) is 10.7. The molecule has 0 radical (unpaired) electrons. The van der Waals surface area contributed by atoms with Crippen LogP contribution < -0.4 is 10.5 Å². The molecule has 0 aliphatic rings. The molecule has 0 saturated heterocycles. The van der Waals surface area contributed by atoms with Crippen molar-refractivity contribution in [3.8, 4) is 12.1 Å². The summed E-state index contributed by atoms with van der Waals surface area (Å²) in [6, 6.07) is 8.15. The number of benzene rings is 1. The summed E-state index contributed by atoms with van der Waals surface area (Å²) in [4.78, 5) is 12.8. The number of fused-ring (bicyclic) bond motifs is 1. The Bertz CT molecular complexity index is 925. The number of nitrogen functional groups attached to an aromatic ring is 1. The number of aromatic nitrogens is 4. The van der Waals surface area contributed by atoms with Crippen molar-refractivity contribution < 1.29 is 4.74 Å². The van der Waals surface area contributed by atoms with Crippen LogP contribution in [0.15, 0.2) is 24.5 Å². The number of aryl methyl sites for hydroxylation is 1. The molecule has 3 aromatic rings. The van der Waals surface area contributed by atoms with Gasteiger partial charge >= 0.3 is 6.01 Å². The van der Waals surface area contributed by atoms with Crippen molar-refractivity contribution in [1.29, 1.82) is 5.26 Å². The minimum atomic E-state index is 0.241. The van der Waals surface area contributed by atoms with Crippen LogP contribution in [0.1, 0.15) is 30.5 Å². The van der Waals surface area contributed by atoms with Gasteiger partial charge in [-0.3, -0.25) is 0 Å². The maximum absolute atomic E-state index is 9.13. The van der Waals surface area contributed by atoms with E-state index in [9.17, 15) is 0 Å². The van der Waals surface area contributed by atoms with Crippen LogP contribution in [-0.2, 0) is 13.0 Å². The van der Waals surface area contributed by atoms with Crippen LogP contribution in [0.2, 0.25) is 0 Å². The highest BCUT2D eigenvalue weighted by Gasteiger charge is 2.13. The van der Waals surface area contributed by atoms with E-state index in [0.29, 0.717) is 35.7 Å². The van der Waals surface area contributed by atoms with Gasteiger partial charge in [0, 0.05) is 0 Å². The van der Waals surface area contributed by atoms with Gasteiger partial charge in [0.25, 0.3) is 0 Å². The molecule has 0 fully saturated rings. The van der Waals surface area contributed by atoms with Gasteiger partial charge in [-0.15, -0.1) is 0 Å². The van der Waals surface area contributed by atoms with Crippen molar-refractivity contribution in [3.63, 3.8) is 0 Å². The number of ether oxygens (including phenoxy) is 1. The van der Waals surface area contributed by atoms with E-state index in [1.807, 2.05) is 29.7 Å². The lowest BCUT2D eigenvalue weighted by Gasteiger charge is -2.10. The Labute approximate surface area is 139 Å². The van der Waals surface area contributed by atoms with Gasteiger partial charge in [-0.05, 0) is 36.6 Å². The molecule has 0 amide bonds. The second-order valence-corrected chi connectivity index (χ2v) is 5.32. The largest absolute Gasteiger partial charge is 0.464 e. The molecule has 24 heavy (non-hydrogen) atoms. The van der Waals surface area contributed by atoms with Crippen LogP contribution in [0.3, 0.4) is 0 Å². The molecule has 1 aromatic carbocycles. The summed E-state index contributed by atoms with van der Waals surface area (Å²) in [6.07, 6.45) is 2.57. The summed E-state index contributed by atoms with van der Waals surface area (Å²) in [7, 11) is 0. The van der Waals surface area contributed by atoms with Crippen LogP contribution in [0, 0.1) is 11.3 Å². The highest BCUT2D eigenvalue weighted by molar-refractivity contribution is 5.82. The first kappa shape index (κ1) is 15.7. The predicted molar refractivity (Wildman–Crippen MR) is 90.5 cm³/mol. The Morgan fingerprint density at radius 3 is 2.79 bits per heavy atom. The topological polar surface area (TPSA) is 103 Å². The average molecular weight is 322 g/mol. The van der Waals surface area contributed by atoms with Crippen LogP contribution >= 0.6 is 0 Å². The van der Waals surface area contributed by atoms with Gasteiger partial charge in [0.1, 0.15) is 0 Å². The number of anilines is 1. The van der Waals surface area contributed by atoms with Gasteiger partial charge in [-0.25, -0.2) is 4.98 Å². The van der Waals surface area contributed by atoms with E-state index < -0.39 is 0 Å². The summed E-state index contributed by atoms with van der Waals surface area (Å²) in [5.74, 6) is 0.295. The number of hydrogen-bond acceptors (Lipinski definition) is 6. The molecule has 122 valence electrons. The SMILES string of the molecule is CCOc1nc(N)c2ncn(Cc3cc(C#N)ccc3CC)c2n1. The lowest BCUT2D eigenvalue weighted by atomic mass is 10.0. The Morgan fingerprint density at radius 2 is 2.08 bits per heavy atom. The number of nitrogens with two attached hydrogens (primary N) is 1. The third-order valence-electron chi connectivity index (χ3n) is 3.80. The third-order valence-corrected chi connectivity index (χ3v) is 3.80. The molecule has 2 aromatic heterocycles. The standard InChI is InChI=1S/C17H18N6O/c1-3-12-6-5-11(8-18)7-13(12)9-23-10-20-14-15(19)21-17(24-4-2)22-16(14)23/h5-7,10H,3-4,9H2,1-2H3,(H2,19,21,22). The van der Waals surface area contributed by atoms with Crippen LogP contribution in [-0.4, -0.2) is 26.1 Å². The van der Waals surface area contributed by atoms with Gasteiger partial charge in [0.2, 0.25) is 0 Å². The maximum atomic E-state index is 9.13. The molecule has 0 aliphatic heterocycles. The average Bonchev–Trinajstić information content (AvgIpc) is 2.98. The molecular formula is C17H18N6O.